The average molecular weight is 363 g/mol. The molecule has 1 rings (SSSR count). The Labute approximate surface area is 118 Å². The van der Waals surface area contributed by atoms with Crippen LogP contribution in [0, 0.1) is 3.57 Å². The first-order valence-corrected chi connectivity index (χ1v) is 6.36. The van der Waals surface area contributed by atoms with E-state index < -0.39 is 18.0 Å². The number of carboxylic acids is 1. The van der Waals surface area contributed by atoms with E-state index in [4.69, 9.17) is 5.11 Å². The fourth-order valence-corrected chi connectivity index (χ4v) is 1.93. The smallest absolute Gasteiger partial charge is 0.306 e. The van der Waals surface area contributed by atoms with Crippen LogP contribution in [-0.2, 0) is 4.79 Å². The van der Waals surface area contributed by atoms with Gasteiger partial charge in [-0.2, -0.15) is 0 Å². The van der Waals surface area contributed by atoms with Crippen LogP contribution in [0.25, 0.3) is 0 Å². The number of nitrogens with one attached hydrogen (secondary N) is 1. The third-order valence-electron chi connectivity index (χ3n) is 2.25. The van der Waals surface area contributed by atoms with Gasteiger partial charge in [0.2, 0.25) is 0 Å². The van der Waals surface area contributed by atoms with Crippen LogP contribution in [0.3, 0.4) is 0 Å². The predicted molar refractivity (Wildman–Crippen MR) is 74.4 cm³/mol. The lowest BCUT2D eigenvalue weighted by molar-refractivity contribution is -0.141. The van der Waals surface area contributed by atoms with E-state index in [9.17, 15) is 14.7 Å². The number of hydrogen-bond acceptors (Lipinski definition) is 3. The van der Waals surface area contributed by atoms with Crippen LogP contribution in [0.1, 0.15) is 23.7 Å². The van der Waals surface area contributed by atoms with Gasteiger partial charge in [-0.3, -0.25) is 9.59 Å². The third kappa shape index (κ3) is 5.01. The number of rotatable bonds is 5. The second kappa shape index (κ2) is 6.14. The van der Waals surface area contributed by atoms with E-state index in [1.165, 1.54) is 6.92 Å². The summed E-state index contributed by atoms with van der Waals surface area (Å²) in [5.74, 6) is -1.44. The lowest BCUT2D eigenvalue weighted by atomic mass is 10.0. The van der Waals surface area contributed by atoms with Gasteiger partial charge < -0.3 is 15.5 Å². The Morgan fingerprint density at radius 3 is 2.67 bits per heavy atom. The summed E-state index contributed by atoms with van der Waals surface area (Å²) in [4.78, 5) is 22.3. The van der Waals surface area contributed by atoms with Crippen molar-refractivity contribution >= 4 is 34.5 Å². The third-order valence-corrected chi connectivity index (χ3v) is 2.92. The Morgan fingerprint density at radius 2 is 2.11 bits per heavy atom. The highest BCUT2D eigenvalue weighted by atomic mass is 127. The van der Waals surface area contributed by atoms with Gasteiger partial charge in [-0.05, 0) is 47.7 Å². The molecule has 0 aromatic heterocycles. The van der Waals surface area contributed by atoms with E-state index in [0.717, 1.165) is 3.57 Å². The van der Waals surface area contributed by atoms with Crippen LogP contribution in [0.5, 0.6) is 0 Å². The number of aliphatic hydroxyl groups is 1. The molecule has 0 spiro atoms. The van der Waals surface area contributed by atoms with Crippen molar-refractivity contribution in [2.45, 2.75) is 18.9 Å². The predicted octanol–water partition coefficient (Wildman–Crippen LogP) is 1.25. The number of carboxylic acid groups (broad SMARTS) is 1. The Hall–Kier alpha value is -1.15. The van der Waals surface area contributed by atoms with Crippen LogP contribution in [0.4, 0.5) is 0 Å². The van der Waals surface area contributed by atoms with Gasteiger partial charge in [0, 0.05) is 15.7 Å². The normalized spacial score (nSPS) is 13.7. The first kappa shape index (κ1) is 14.9. The van der Waals surface area contributed by atoms with Crippen LogP contribution >= 0.6 is 22.6 Å². The molecule has 18 heavy (non-hydrogen) atoms. The first-order chi connectivity index (χ1) is 8.30. The minimum Gasteiger partial charge on any atom is -0.481 e. The highest BCUT2D eigenvalue weighted by Crippen LogP contribution is 2.10. The first-order valence-electron chi connectivity index (χ1n) is 5.28. The fraction of sp³-hybridized carbons (Fsp3) is 0.333. The maximum absolute atomic E-state index is 11.8. The summed E-state index contributed by atoms with van der Waals surface area (Å²) < 4.78 is 0.928. The zero-order valence-electron chi connectivity index (χ0n) is 9.81. The SMILES string of the molecule is CC(O)(CNC(=O)c1cccc(I)c1)CC(=O)O. The molecule has 0 bridgehead atoms. The molecule has 0 aliphatic carbocycles. The molecule has 1 aromatic carbocycles. The van der Waals surface area contributed by atoms with Crippen molar-refractivity contribution in [2.24, 2.45) is 0 Å². The van der Waals surface area contributed by atoms with Crippen LogP contribution in [0.15, 0.2) is 24.3 Å². The van der Waals surface area contributed by atoms with Gasteiger partial charge in [0.15, 0.2) is 0 Å². The standard InChI is InChI=1S/C12H14INO4/c1-12(18,6-10(15)16)7-14-11(17)8-3-2-4-9(13)5-8/h2-5,18H,6-7H2,1H3,(H,14,17)(H,15,16). The quantitative estimate of drug-likeness (QED) is 0.688. The lowest BCUT2D eigenvalue weighted by Gasteiger charge is -2.21. The number of carbonyl (C=O) groups is 2. The minimum absolute atomic E-state index is 0.108. The van der Waals surface area contributed by atoms with Crippen LogP contribution in [-0.4, -0.2) is 34.2 Å². The van der Waals surface area contributed by atoms with Crippen molar-refractivity contribution in [1.29, 1.82) is 0 Å². The lowest BCUT2D eigenvalue weighted by Crippen LogP contribution is -2.42. The topological polar surface area (TPSA) is 86.6 Å². The van der Waals surface area contributed by atoms with Crippen molar-refractivity contribution < 1.29 is 19.8 Å². The zero-order valence-corrected chi connectivity index (χ0v) is 12.0. The summed E-state index contributed by atoms with van der Waals surface area (Å²) in [5.41, 5.74) is -0.975. The minimum atomic E-state index is -1.45. The molecule has 1 aromatic rings. The average Bonchev–Trinajstić information content (AvgIpc) is 2.24. The summed E-state index contributed by atoms with van der Waals surface area (Å²) in [6.07, 6.45) is -0.417. The fourth-order valence-electron chi connectivity index (χ4n) is 1.39. The van der Waals surface area contributed by atoms with Crippen molar-refractivity contribution in [3.63, 3.8) is 0 Å². The molecule has 0 saturated carbocycles. The van der Waals surface area contributed by atoms with Gasteiger partial charge in [-0.15, -0.1) is 0 Å². The van der Waals surface area contributed by atoms with Gasteiger partial charge in [0.05, 0.1) is 12.0 Å². The van der Waals surface area contributed by atoms with Gasteiger partial charge in [0.25, 0.3) is 5.91 Å². The zero-order chi connectivity index (χ0) is 13.8. The maximum Gasteiger partial charge on any atom is 0.306 e. The van der Waals surface area contributed by atoms with E-state index >= 15 is 0 Å². The molecule has 1 unspecified atom stereocenters. The summed E-state index contributed by atoms with van der Waals surface area (Å²) in [7, 11) is 0. The summed E-state index contributed by atoms with van der Waals surface area (Å²) >= 11 is 2.09. The van der Waals surface area contributed by atoms with E-state index in [1.54, 1.807) is 18.2 Å². The molecule has 5 nitrogen and oxygen atoms in total. The Morgan fingerprint density at radius 1 is 1.44 bits per heavy atom. The Bertz CT molecular complexity index is 459. The van der Waals surface area contributed by atoms with Gasteiger partial charge in [-0.1, -0.05) is 6.07 Å². The maximum atomic E-state index is 11.8. The number of benzene rings is 1. The molecule has 1 amide bonds. The van der Waals surface area contributed by atoms with Crippen LogP contribution < -0.4 is 5.32 Å². The molecule has 0 aliphatic rings. The molecule has 0 radical (unpaired) electrons. The number of halogens is 1. The van der Waals surface area contributed by atoms with Gasteiger partial charge in [-0.25, -0.2) is 0 Å². The summed E-state index contributed by atoms with van der Waals surface area (Å²) in [5, 5.41) is 20.8. The van der Waals surface area contributed by atoms with Crippen molar-refractivity contribution in [3.05, 3.63) is 33.4 Å². The summed E-state index contributed by atoms with van der Waals surface area (Å²) in [6.45, 7) is 1.26. The Balaban J connectivity index is 2.58. The van der Waals surface area contributed by atoms with Crippen molar-refractivity contribution in [1.82, 2.24) is 5.32 Å². The van der Waals surface area contributed by atoms with Gasteiger partial charge in [0.1, 0.15) is 0 Å². The van der Waals surface area contributed by atoms with Gasteiger partial charge >= 0.3 is 5.97 Å². The molecule has 98 valence electrons. The molecule has 0 saturated heterocycles. The monoisotopic (exact) mass is 363 g/mol. The number of aliphatic carboxylic acids is 1. The molecule has 0 fully saturated rings. The number of hydrogen-bond donors (Lipinski definition) is 3. The van der Waals surface area contributed by atoms with E-state index in [1.807, 2.05) is 6.07 Å². The largest absolute Gasteiger partial charge is 0.481 e. The highest BCUT2D eigenvalue weighted by molar-refractivity contribution is 14.1. The highest BCUT2D eigenvalue weighted by Gasteiger charge is 2.24. The molecule has 0 aliphatic heterocycles. The molecule has 6 heteroatoms. The Kier molecular flexibility index (Phi) is 5.09. The second-order valence-corrected chi connectivity index (χ2v) is 5.51. The van der Waals surface area contributed by atoms with E-state index in [2.05, 4.69) is 27.9 Å². The molecule has 0 heterocycles. The molecular weight excluding hydrogens is 349 g/mol. The molecule has 1 atom stereocenters. The molecule has 3 N–H and O–H groups in total. The van der Waals surface area contributed by atoms with Crippen LogP contribution in [0.2, 0.25) is 0 Å². The molecular formula is C12H14INO4. The number of amides is 1. The van der Waals surface area contributed by atoms with E-state index in [0.29, 0.717) is 5.56 Å². The van der Waals surface area contributed by atoms with Crippen molar-refractivity contribution in [3.8, 4) is 0 Å². The summed E-state index contributed by atoms with van der Waals surface area (Å²) in [6, 6.07) is 6.98. The van der Waals surface area contributed by atoms with Crippen molar-refractivity contribution in [2.75, 3.05) is 6.54 Å². The number of carbonyl (C=O) groups excluding carboxylic acids is 1. The second-order valence-electron chi connectivity index (χ2n) is 4.26. The van der Waals surface area contributed by atoms with E-state index in [-0.39, 0.29) is 12.5 Å².